The molecule has 4 nitrogen and oxygen atoms in total. The van der Waals surface area contributed by atoms with Crippen molar-refractivity contribution in [1.29, 1.82) is 5.26 Å². The number of aryl methyl sites for hydroxylation is 2. The number of hydrogen-bond acceptors (Lipinski definition) is 4. The second-order valence-corrected chi connectivity index (χ2v) is 8.32. The molecule has 0 atom stereocenters. The lowest BCUT2D eigenvalue weighted by Crippen LogP contribution is -2.05. The van der Waals surface area contributed by atoms with Crippen molar-refractivity contribution in [3.63, 3.8) is 0 Å². The minimum Gasteiger partial charge on any atom is -0.489 e. The van der Waals surface area contributed by atoms with Gasteiger partial charge in [-0.25, -0.2) is 4.79 Å². The minimum absolute atomic E-state index is 0.265. The van der Waals surface area contributed by atoms with Crippen LogP contribution in [-0.2, 0) is 30.8 Å². The van der Waals surface area contributed by atoms with Gasteiger partial charge < -0.3 is 9.47 Å². The summed E-state index contributed by atoms with van der Waals surface area (Å²) in [4.78, 5) is 12.3. The summed E-state index contributed by atoms with van der Waals surface area (Å²) < 4.78 is 11.5. The van der Waals surface area contributed by atoms with E-state index in [1.807, 2.05) is 103 Å². The van der Waals surface area contributed by atoms with Crippen LogP contribution >= 0.6 is 0 Å². The van der Waals surface area contributed by atoms with Crippen molar-refractivity contribution in [1.82, 2.24) is 0 Å². The van der Waals surface area contributed by atoms with Crippen LogP contribution in [0.1, 0.15) is 44.6 Å². The monoisotopic (exact) mass is 461 g/mol. The van der Waals surface area contributed by atoms with E-state index in [-0.39, 0.29) is 12.6 Å². The maximum Gasteiger partial charge on any atom is 0.338 e. The third-order valence-corrected chi connectivity index (χ3v) is 5.75. The zero-order valence-electron chi connectivity index (χ0n) is 19.5. The van der Waals surface area contributed by atoms with Gasteiger partial charge >= 0.3 is 5.97 Å². The summed E-state index contributed by atoms with van der Waals surface area (Å²) in [5.41, 5.74) is 5.43. The molecule has 174 valence electrons. The number of esters is 1. The van der Waals surface area contributed by atoms with Crippen molar-refractivity contribution in [3.8, 4) is 11.8 Å². The summed E-state index contributed by atoms with van der Waals surface area (Å²) in [6, 6.07) is 35.0. The van der Waals surface area contributed by atoms with E-state index < -0.39 is 0 Å². The first-order valence-electron chi connectivity index (χ1n) is 11.7. The van der Waals surface area contributed by atoms with Crippen LogP contribution in [-0.4, -0.2) is 5.97 Å². The molecular weight excluding hydrogens is 434 g/mol. The quantitative estimate of drug-likeness (QED) is 0.248. The van der Waals surface area contributed by atoms with Crippen LogP contribution in [0.5, 0.6) is 5.75 Å². The maximum absolute atomic E-state index is 12.3. The average Bonchev–Trinajstić information content (AvgIpc) is 2.92. The molecule has 0 saturated heterocycles. The van der Waals surface area contributed by atoms with E-state index in [1.165, 1.54) is 0 Å². The molecule has 0 N–H and O–H groups in total. The first-order chi connectivity index (χ1) is 17.2. The molecule has 0 amide bonds. The maximum atomic E-state index is 12.3. The third-order valence-electron chi connectivity index (χ3n) is 5.75. The molecule has 4 aromatic carbocycles. The van der Waals surface area contributed by atoms with Gasteiger partial charge in [-0.2, -0.15) is 5.26 Å². The number of benzene rings is 4. The molecule has 4 aromatic rings. The van der Waals surface area contributed by atoms with Gasteiger partial charge in [-0.05, 0) is 65.8 Å². The number of nitrogens with zero attached hydrogens (tertiary/aromatic N) is 1. The Hall–Kier alpha value is -4.36. The Morgan fingerprint density at radius 2 is 1.37 bits per heavy atom. The molecule has 0 spiro atoms. The molecule has 0 unspecified atom stereocenters. The highest BCUT2D eigenvalue weighted by molar-refractivity contribution is 5.89. The predicted molar refractivity (Wildman–Crippen MR) is 136 cm³/mol. The van der Waals surface area contributed by atoms with E-state index in [0.29, 0.717) is 17.7 Å². The molecule has 0 aliphatic carbocycles. The molecule has 0 radical (unpaired) electrons. The lowest BCUT2D eigenvalue weighted by atomic mass is 10.0. The largest absolute Gasteiger partial charge is 0.489 e. The molecule has 4 rings (SSSR count). The molecule has 0 bridgehead atoms. The van der Waals surface area contributed by atoms with Crippen LogP contribution in [0.15, 0.2) is 103 Å². The highest BCUT2D eigenvalue weighted by atomic mass is 16.5. The van der Waals surface area contributed by atoms with Crippen molar-refractivity contribution >= 4 is 5.97 Å². The number of carbonyl (C=O) groups is 1. The standard InChI is InChI=1S/C31H27NO3/c32-21-27-16-17-28(30(20-27)34-22-25-8-3-1-4-9-25)13-7-12-24-14-18-29(19-15-24)31(33)35-23-26-10-5-2-6-11-26/h1-6,8-11,14-20H,7,12-13,22-23H2. The lowest BCUT2D eigenvalue weighted by molar-refractivity contribution is 0.0472. The Morgan fingerprint density at radius 1 is 0.714 bits per heavy atom. The van der Waals surface area contributed by atoms with Gasteiger partial charge in [0.05, 0.1) is 17.2 Å². The predicted octanol–water partition coefficient (Wildman–Crippen LogP) is 6.67. The number of rotatable bonds is 10. The summed E-state index contributed by atoms with van der Waals surface area (Å²) in [6.45, 7) is 0.727. The van der Waals surface area contributed by atoms with E-state index in [4.69, 9.17) is 9.47 Å². The van der Waals surface area contributed by atoms with Crippen LogP contribution in [0.4, 0.5) is 0 Å². The topological polar surface area (TPSA) is 59.3 Å². The van der Waals surface area contributed by atoms with Crippen molar-refractivity contribution in [2.24, 2.45) is 0 Å². The van der Waals surface area contributed by atoms with Crippen molar-refractivity contribution in [3.05, 3.63) is 137 Å². The van der Waals surface area contributed by atoms with Gasteiger partial charge in [0.25, 0.3) is 0 Å². The third kappa shape index (κ3) is 7.06. The summed E-state index contributed by atoms with van der Waals surface area (Å²) >= 11 is 0. The van der Waals surface area contributed by atoms with Crippen molar-refractivity contribution in [2.45, 2.75) is 32.5 Å². The number of nitriles is 1. The fourth-order valence-corrected chi connectivity index (χ4v) is 3.80. The van der Waals surface area contributed by atoms with Gasteiger partial charge in [0, 0.05) is 0 Å². The second kappa shape index (κ2) is 12.2. The number of ether oxygens (including phenoxy) is 2. The van der Waals surface area contributed by atoms with E-state index in [2.05, 4.69) is 6.07 Å². The van der Waals surface area contributed by atoms with Gasteiger partial charge in [-0.15, -0.1) is 0 Å². The SMILES string of the molecule is N#Cc1ccc(CCCc2ccc(C(=O)OCc3ccccc3)cc2)c(OCc2ccccc2)c1. The first-order valence-corrected chi connectivity index (χ1v) is 11.7. The Kier molecular flexibility index (Phi) is 8.29. The lowest BCUT2D eigenvalue weighted by Gasteiger charge is -2.12. The summed E-state index contributed by atoms with van der Waals surface area (Å²) in [5.74, 6) is 0.433. The van der Waals surface area contributed by atoms with E-state index in [9.17, 15) is 10.1 Å². The molecule has 0 fully saturated rings. The van der Waals surface area contributed by atoms with Crippen LogP contribution in [0, 0.1) is 11.3 Å². The Labute approximate surface area is 206 Å². The molecule has 0 saturated carbocycles. The van der Waals surface area contributed by atoms with Gasteiger partial charge in [-0.1, -0.05) is 78.9 Å². The second-order valence-electron chi connectivity index (χ2n) is 8.32. The summed E-state index contributed by atoms with van der Waals surface area (Å²) in [6.07, 6.45) is 2.62. The average molecular weight is 462 g/mol. The fraction of sp³-hybridized carbons (Fsp3) is 0.161. The van der Waals surface area contributed by atoms with E-state index in [1.54, 1.807) is 0 Å². The highest BCUT2D eigenvalue weighted by Crippen LogP contribution is 2.24. The molecule has 0 aromatic heterocycles. The van der Waals surface area contributed by atoms with E-state index in [0.717, 1.165) is 47.3 Å². The molecule has 0 heterocycles. The Bertz CT molecular complexity index is 1280. The minimum atomic E-state index is -0.321. The zero-order valence-corrected chi connectivity index (χ0v) is 19.5. The molecule has 35 heavy (non-hydrogen) atoms. The van der Waals surface area contributed by atoms with Crippen LogP contribution in [0.3, 0.4) is 0 Å². The normalized spacial score (nSPS) is 10.4. The van der Waals surface area contributed by atoms with Crippen LogP contribution in [0.2, 0.25) is 0 Å². The van der Waals surface area contributed by atoms with E-state index >= 15 is 0 Å². The smallest absolute Gasteiger partial charge is 0.338 e. The van der Waals surface area contributed by atoms with Crippen LogP contribution in [0.25, 0.3) is 0 Å². The molecular formula is C31H27NO3. The molecule has 0 aliphatic rings. The fourth-order valence-electron chi connectivity index (χ4n) is 3.80. The Balaban J connectivity index is 1.30. The molecule has 0 aliphatic heterocycles. The van der Waals surface area contributed by atoms with Gasteiger partial charge in [0.2, 0.25) is 0 Å². The van der Waals surface area contributed by atoms with Gasteiger partial charge in [-0.3, -0.25) is 0 Å². The summed E-state index contributed by atoms with van der Waals surface area (Å²) in [7, 11) is 0. The number of hydrogen-bond donors (Lipinski definition) is 0. The number of carbonyl (C=O) groups excluding carboxylic acids is 1. The van der Waals surface area contributed by atoms with Gasteiger partial charge in [0.15, 0.2) is 0 Å². The van der Waals surface area contributed by atoms with Crippen molar-refractivity contribution < 1.29 is 14.3 Å². The zero-order chi connectivity index (χ0) is 24.3. The van der Waals surface area contributed by atoms with Crippen molar-refractivity contribution in [2.75, 3.05) is 0 Å². The highest BCUT2D eigenvalue weighted by Gasteiger charge is 2.09. The van der Waals surface area contributed by atoms with Crippen LogP contribution < -0.4 is 4.74 Å². The first kappa shape index (κ1) is 23.8. The Morgan fingerprint density at radius 3 is 2.03 bits per heavy atom. The molecule has 4 heteroatoms. The summed E-state index contributed by atoms with van der Waals surface area (Å²) in [5, 5.41) is 9.28. The van der Waals surface area contributed by atoms with Gasteiger partial charge in [0.1, 0.15) is 19.0 Å².